The lowest BCUT2D eigenvalue weighted by molar-refractivity contribution is -0.385. The largest absolute Gasteiger partial charge is 0.474 e. The second-order valence-electron chi connectivity index (χ2n) is 4.83. The van der Waals surface area contributed by atoms with Gasteiger partial charge in [-0.3, -0.25) is 14.9 Å². The van der Waals surface area contributed by atoms with E-state index in [1.54, 1.807) is 0 Å². The molecule has 1 heterocycles. The Morgan fingerprint density at radius 2 is 2.25 bits per heavy atom. The van der Waals surface area contributed by atoms with E-state index < -0.39 is 10.8 Å². The first-order chi connectivity index (χ1) is 9.47. The molecular weight excluding hydrogens is 264 g/mol. The van der Waals surface area contributed by atoms with E-state index in [0.717, 1.165) is 31.5 Å². The Morgan fingerprint density at radius 3 is 2.85 bits per heavy atom. The number of carbonyl (C=O) groups excluding carboxylic acids is 1. The molecule has 8 nitrogen and oxygen atoms in total. The Morgan fingerprint density at radius 1 is 1.50 bits per heavy atom. The Bertz CT molecular complexity index is 534. The number of amides is 1. The zero-order valence-electron chi connectivity index (χ0n) is 10.8. The number of aromatic nitrogens is 1. The van der Waals surface area contributed by atoms with Gasteiger partial charge in [-0.2, -0.15) is 0 Å². The van der Waals surface area contributed by atoms with Crippen LogP contribution < -0.4 is 16.2 Å². The first-order valence-corrected chi connectivity index (χ1v) is 6.34. The van der Waals surface area contributed by atoms with Crippen LogP contribution in [0.3, 0.4) is 0 Å². The molecule has 1 fully saturated rings. The van der Waals surface area contributed by atoms with Gasteiger partial charge in [0.15, 0.2) is 0 Å². The predicted octanol–water partition coefficient (Wildman–Crippen LogP) is 0.737. The highest BCUT2D eigenvalue weighted by Crippen LogP contribution is 2.26. The minimum atomic E-state index is -0.809. The highest BCUT2D eigenvalue weighted by Gasteiger charge is 2.24. The normalized spacial score (nSPS) is 22.2. The van der Waals surface area contributed by atoms with Gasteiger partial charge in [0.1, 0.15) is 17.9 Å². The highest BCUT2D eigenvalue weighted by atomic mass is 16.6. The fraction of sp³-hybridized carbons (Fsp3) is 0.500. The second kappa shape index (κ2) is 5.83. The van der Waals surface area contributed by atoms with Crippen molar-refractivity contribution in [3.63, 3.8) is 0 Å². The summed E-state index contributed by atoms with van der Waals surface area (Å²) in [5, 5.41) is 10.7. The van der Waals surface area contributed by atoms with Gasteiger partial charge in [-0.25, -0.2) is 4.98 Å². The van der Waals surface area contributed by atoms with Crippen LogP contribution in [0.5, 0.6) is 5.88 Å². The van der Waals surface area contributed by atoms with Gasteiger partial charge in [-0.1, -0.05) is 0 Å². The number of primary amides is 1. The van der Waals surface area contributed by atoms with Crippen molar-refractivity contribution < 1.29 is 14.5 Å². The molecule has 1 aliphatic carbocycles. The summed E-state index contributed by atoms with van der Waals surface area (Å²) in [5.41, 5.74) is 10.7. The van der Waals surface area contributed by atoms with Crippen molar-refractivity contribution in [3.05, 3.63) is 27.9 Å². The summed E-state index contributed by atoms with van der Waals surface area (Å²) in [6, 6.07) is 1.14. The highest BCUT2D eigenvalue weighted by molar-refractivity contribution is 5.95. The molecule has 0 radical (unpaired) electrons. The van der Waals surface area contributed by atoms with Crippen molar-refractivity contribution in [3.8, 4) is 5.88 Å². The minimum Gasteiger partial charge on any atom is -0.474 e. The van der Waals surface area contributed by atoms with E-state index in [9.17, 15) is 14.9 Å². The van der Waals surface area contributed by atoms with Crippen LogP contribution >= 0.6 is 0 Å². The lowest BCUT2D eigenvalue weighted by atomic mass is 9.93. The van der Waals surface area contributed by atoms with Gasteiger partial charge in [0, 0.05) is 12.1 Å². The molecule has 0 spiro atoms. The molecule has 0 saturated heterocycles. The van der Waals surface area contributed by atoms with Crippen LogP contribution in [0.2, 0.25) is 0 Å². The number of hydrogen-bond donors (Lipinski definition) is 2. The van der Waals surface area contributed by atoms with E-state index in [1.165, 1.54) is 0 Å². The number of nitrogens with zero attached hydrogens (tertiary/aromatic N) is 2. The molecule has 0 aliphatic heterocycles. The molecule has 1 aliphatic rings. The van der Waals surface area contributed by atoms with Crippen molar-refractivity contribution in [2.75, 3.05) is 0 Å². The molecule has 20 heavy (non-hydrogen) atoms. The number of nitro groups is 1. The molecule has 2 unspecified atom stereocenters. The quantitative estimate of drug-likeness (QED) is 0.616. The Balaban J connectivity index is 2.22. The number of hydrogen-bond acceptors (Lipinski definition) is 6. The third-order valence-electron chi connectivity index (χ3n) is 3.26. The number of ether oxygens (including phenoxy) is 1. The van der Waals surface area contributed by atoms with E-state index in [-0.39, 0.29) is 29.3 Å². The van der Waals surface area contributed by atoms with Gasteiger partial charge in [0.05, 0.1) is 4.92 Å². The molecule has 108 valence electrons. The molecular formula is C12H16N4O4. The first kappa shape index (κ1) is 14.2. The summed E-state index contributed by atoms with van der Waals surface area (Å²) in [6.45, 7) is 0. The van der Waals surface area contributed by atoms with Gasteiger partial charge in [0.2, 0.25) is 5.88 Å². The monoisotopic (exact) mass is 280 g/mol. The third-order valence-corrected chi connectivity index (χ3v) is 3.26. The van der Waals surface area contributed by atoms with Crippen LogP contribution in [0.1, 0.15) is 36.0 Å². The van der Waals surface area contributed by atoms with Crippen LogP contribution in [-0.2, 0) is 0 Å². The van der Waals surface area contributed by atoms with Gasteiger partial charge in [0.25, 0.3) is 11.6 Å². The SMILES string of the molecule is NC(=O)c1cc([N+](=O)[O-])cnc1OC1CCCC(N)C1. The zero-order valence-corrected chi connectivity index (χ0v) is 10.8. The molecule has 1 saturated carbocycles. The van der Waals surface area contributed by atoms with Crippen molar-refractivity contribution in [1.29, 1.82) is 0 Å². The van der Waals surface area contributed by atoms with Crippen molar-refractivity contribution in [2.45, 2.75) is 37.8 Å². The lowest BCUT2D eigenvalue weighted by Crippen LogP contribution is -2.34. The first-order valence-electron chi connectivity index (χ1n) is 6.34. The summed E-state index contributed by atoms with van der Waals surface area (Å²) in [6.07, 6.45) is 4.25. The third kappa shape index (κ3) is 3.21. The number of rotatable bonds is 4. The molecule has 1 aromatic heterocycles. The summed E-state index contributed by atoms with van der Waals surface area (Å²) in [4.78, 5) is 25.2. The fourth-order valence-electron chi connectivity index (χ4n) is 2.26. The maximum absolute atomic E-state index is 11.4. The van der Waals surface area contributed by atoms with Crippen LogP contribution in [0.25, 0.3) is 0 Å². The standard InChI is InChI=1S/C12H16N4O4/c13-7-2-1-3-9(4-7)20-12-10(11(14)17)5-8(6-15-12)16(18)19/h5-7,9H,1-4,13H2,(H2,14,17). The molecule has 8 heteroatoms. The van der Waals surface area contributed by atoms with Crippen LogP contribution in [0, 0.1) is 10.1 Å². The molecule has 2 atom stereocenters. The Hall–Kier alpha value is -2.22. The Labute approximate surface area is 115 Å². The van der Waals surface area contributed by atoms with Crippen molar-refractivity contribution in [1.82, 2.24) is 4.98 Å². The van der Waals surface area contributed by atoms with Crippen LogP contribution in [0.4, 0.5) is 5.69 Å². The average Bonchev–Trinajstić information content (AvgIpc) is 2.38. The summed E-state index contributed by atoms with van der Waals surface area (Å²) in [7, 11) is 0. The summed E-state index contributed by atoms with van der Waals surface area (Å²) >= 11 is 0. The van der Waals surface area contributed by atoms with Crippen LogP contribution in [0.15, 0.2) is 12.3 Å². The zero-order chi connectivity index (χ0) is 14.7. The summed E-state index contributed by atoms with van der Waals surface area (Å²) < 4.78 is 5.64. The van der Waals surface area contributed by atoms with E-state index in [1.807, 2.05) is 0 Å². The van der Waals surface area contributed by atoms with Gasteiger partial charge >= 0.3 is 0 Å². The topological polar surface area (TPSA) is 134 Å². The van der Waals surface area contributed by atoms with Crippen molar-refractivity contribution in [2.24, 2.45) is 11.5 Å². The molecule has 1 amide bonds. The maximum atomic E-state index is 11.4. The minimum absolute atomic E-state index is 0.0298. The molecule has 0 aromatic carbocycles. The number of carbonyl (C=O) groups is 1. The van der Waals surface area contributed by atoms with E-state index in [4.69, 9.17) is 16.2 Å². The van der Waals surface area contributed by atoms with Gasteiger partial charge in [-0.15, -0.1) is 0 Å². The van der Waals surface area contributed by atoms with E-state index >= 15 is 0 Å². The second-order valence-corrected chi connectivity index (χ2v) is 4.83. The lowest BCUT2D eigenvalue weighted by Gasteiger charge is -2.27. The average molecular weight is 280 g/mol. The Kier molecular flexibility index (Phi) is 4.14. The molecule has 4 N–H and O–H groups in total. The van der Waals surface area contributed by atoms with Gasteiger partial charge < -0.3 is 16.2 Å². The fourth-order valence-corrected chi connectivity index (χ4v) is 2.26. The number of nitrogens with two attached hydrogens (primary N) is 2. The van der Waals surface area contributed by atoms with Crippen LogP contribution in [-0.4, -0.2) is 28.0 Å². The summed E-state index contributed by atoms with van der Waals surface area (Å²) in [5.74, 6) is -0.779. The smallest absolute Gasteiger partial charge is 0.288 e. The maximum Gasteiger partial charge on any atom is 0.288 e. The van der Waals surface area contributed by atoms with Crippen molar-refractivity contribution >= 4 is 11.6 Å². The number of pyridine rings is 1. The predicted molar refractivity (Wildman–Crippen MR) is 70.3 cm³/mol. The molecule has 0 bridgehead atoms. The van der Waals surface area contributed by atoms with E-state index in [2.05, 4.69) is 4.98 Å². The molecule has 2 rings (SSSR count). The molecule has 1 aromatic rings. The van der Waals surface area contributed by atoms with Gasteiger partial charge in [-0.05, 0) is 25.7 Å². The van der Waals surface area contributed by atoms with E-state index in [0.29, 0.717) is 6.42 Å².